The third-order valence-corrected chi connectivity index (χ3v) is 2.84. The van der Waals surface area contributed by atoms with Gasteiger partial charge in [-0.2, -0.15) is 0 Å². The molecule has 0 saturated carbocycles. The molecule has 1 saturated heterocycles. The number of carbonyl (C=O) groups is 1. The van der Waals surface area contributed by atoms with Crippen LogP contribution in [0, 0.1) is 10.1 Å². The summed E-state index contributed by atoms with van der Waals surface area (Å²) in [7, 11) is 1.60. The molecule has 0 atom stereocenters. The van der Waals surface area contributed by atoms with Crippen LogP contribution >= 0.6 is 0 Å². The maximum atomic E-state index is 12.2. The number of nitro groups is 1. The van der Waals surface area contributed by atoms with Crippen molar-refractivity contribution in [2.75, 3.05) is 38.7 Å². The fraction of sp³-hybridized carbons (Fsp3) is 0.455. The van der Waals surface area contributed by atoms with Crippen molar-refractivity contribution in [3.63, 3.8) is 0 Å². The van der Waals surface area contributed by atoms with Crippen LogP contribution in [0.25, 0.3) is 0 Å². The van der Waals surface area contributed by atoms with Gasteiger partial charge in [0, 0.05) is 26.2 Å². The molecule has 9 nitrogen and oxygen atoms in total. The van der Waals surface area contributed by atoms with Crippen LogP contribution in [0.2, 0.25) is 0 Å². The molecule has 2 heterocycles. The highest BCUT2D eigenvalue weighted by atomic mass is 16.6. The van der Waals surface area contributed by atoms with Crippen molar-refractivity contribution in [2.45, 2.75) is 0 Å². The first kappa shape index (κ1) is 14.2. The number of rotatable bonds is 4. The number of amides is 1. The van der Waals surface area contributed by atoms with E-state index in [9.17, 15) is 14.9 Å². The number of hydrazine groups is 1. The summed E-state index contributed by atoms with van der Waals surface area (Å²) >= 11 is 0. The quantitative estimate of drug-likeness (QED) is 0.590. The Morgan fingerprint density at radius 2 is 2.20 bits per heavy atom. The summed E-state index contributed by atoms with van der Waals surface area (Å²) in [6.45, 7) is 2.21. The first-order valence-corrected chi connectivity index (χ1v) is 6.07. The summed E-state index contributed by atoms with van der Waals surface area (Å²) in [5.41, 5.74) is 2.59. The van der Waals surface area contributed by atoms with Crippen molar-refractivity contribution in [1.82, 2.24) is 15.4 Å². The van der Waals surface area contributed by atoms with Gasteiger partial charge in [0.05, 0.1) is 23.7 Å². The number of hydrogen-bond donors (Lipinski definition) is 2. The molecule has 20 heavy (non-hydrogen) atoms. The highest BCUT2D eigenvalue weighted by Gasteiger charge is 2.20. The maximum absolute atomic E-state index is 12.2. The Hall–Kier alpha value is -2.26. The number of nitrogens with zero attached hydrogens (tertiary/aromatic N) is 3. The summed E-state index contributed by atoms with van der Waals surface area (Å²) in [5.74, 6) is -0.145. The van der Waals surface area contributed by atoms with Gasteiger partial charge >= 0.3 is 0 Å². The summed E-state index contributed by atoms with van der Waals surface area (Å²) in [6, 6.07) is 1.20. The standard InChI is InChI=1S/C11H15N5O4/c1-12-10-9(6-8(7-13-10)16(18)19)11(17)14-15-2-4-20-5-3-15/h6-7H,2-5H2,1H3,(H,12,13)(H,14,17). The molecule has 1 amide bonds. The Morgan fingerprint density at radius 3 is 2.80 bits per heavy atom. The van der Waals surface area contributed by atoms with E-state index in [0.717, 1.165) is 6.20 Å². The van der Waals surface area contributed by atoms with Crippen LogP contribution < -0.4 is 10.7 Å². The molecule has 0 spiro atoms. The predicted octanol–water partition coefficient (Wildman–Crippen LogP) is 0.00850. The molecule has 2 N–H and O–H groups in total. The highest BCUT2D eigenvalue weighted by Crippen LogP contribution is 2.18. The third kappa shape index (κ3) is 3.19. The summed E-state index contributed by atoms with van der Waals surface area (Å²) in [5, 5.41) is 15.2. The van der Waals surface area contributed by atoms with Crippen molar-refractivity contribution < 1.29 is 14.5 Å². The zero-order valence-electron chi connectivity index (χ0n) is 11.0. The lowest BCUT2D eigenvalue weighted by atomic mass is 10.2. The Kier molecular flexibility index (Phi) is 4.43. The zero-order chi connectivity index (χ0) is 14.5. The van der Waals surface area contributed by atoms with Gasteiger partial charge in [-0.25, -0.2) is 9.99 Å². The molecular formula is C11H15N5O4. The van der Waals surface area contributed by atoms with E-state index in [0.29, 0.717) is 32.1 Å². The minimum absolute atomic E-state index is 0.133. The molecule has 0 aromatic carbocycles. The van der Waals surface area contributed by atoms with Gasteiger partial charge in [-0.05, 0) is 0 Å². The molecule has 1 aliphatic rings. The molecule has 0 unspecified atom stereocenters. The van der Waals surface area contributed by atoms with Gasteiger partial charge in [-0.3, -0.25) is 20.3 Å². The average molecular weight is 281 g/mol. The molecule has 0 bridgehead atoms. The van der Waals surface area contributed by atoms with Gasteiger partial charge in [-0.1, -0.05) is 0 Å². The highest BCUT2D eigenvalue weighted by molar-refractivity contribution is 5.99. The molecule has 1 aromatic rings. The number of ether oxygens (including phenoxy) is 1. The Bertz CT molecular complexity index is 516. The molecule has 2 rings (SSSR count). The van der Waals surface area contributed by atoms with E-state index >= 15 is 0 Å². The second kappa shape index (κ2) is 6.26. The van der Waals surface area contributed by atoms with E-state index in [1.165, 1.54) is 6.07 Å². The first-order valence-electron chi connectivity index (χ1n) is 6.07. The first-order chi connectivity index (χ1) is 9.61. The van der Waals surface area contributed by atoms with Crippen molar-refractivity contribution in [1.29, 1.82) is 0 Å². The monoisotopic (exact) mass is 281 g/mol. The zero-order valence-corrected chi connectivity index (χ0v) is 11.0. The van der Waals surface area contributed by atoms with Crippen LogP contribution in [-0.4, -0.2) is 54.2 Å². The number of aromatic nitrogens is 1. The van der Waals surface area contributed by atoms with Crippen LogP contribution in [0.15, 0.2) is 12.3 Å². The molecule has 1 aromatic heterocycles. The van der Waals surface area contributed by atoms with Crippen molar-refractivity contribution in [3.8, 4) is 0 Å². The number of morpholine rings is 1. The predicted molar refractivity (Wildman–Crippen MR) is 70.3 cm³/mol. The fourth-order valence-corrected chi connectivity index (χ4v) is 1.80. The third-order valence-electron chi connectivity index (χ3n) is 2.84. The lowest BCUT2D eigenvalue weighted by molar-refractivity contribution is -0.385. The second-order valence-electron chi connectivity index (χ2n) is 4.14. The normalized spacial score (nSPS) is 15.7. The molecule has 1 aliphatic heterocycles. The fourth-order valence-electron chi connectivity index (χ4n) is 1.80. The number of anilines is 1. The maximum Gasteiger partial charge on any atom is 0.288 e. The van der Waals surface area contributed by atoms with Crippen molar-refractivity contribution in [2.24, 2.45) is 0 Å². The minimum atomic E-state index is -0.585. The van der Waals surface area contributed by atoms with Crippen LogP contribution in [0.1, 0.15) is 10.4 Å². The largest absolute Gasteiger partial charge is 0.379 e. The van der Waals surface area contributed by atoms with Gasteiger partial charge in [0.15, 0.2) is 0 Å². The van der Waals surface area contributed by atoms with Gasteiger partial charge in [-0.15, -0.1) is 0 Å². The van der Waals surface area contributed by atoms with Crippen LogP contribution in [0.5, 0.6) is 0 Å². The van der Waals surface area contributed by atoms with Gasteiger partial charge in [0.1, 0.15) is 12.0 Å². The van der Waals surface area contributed by atoms with Crippen LogP contribution in [-0.2, 0) is 4.74 Å². The SMILES string of the molecule is CNc1ncc([N+](=O)[O-])cc1C(=O)NN1CCOCC1. The summed E-state index contributed by atoms with van der Waals surface area (Å²) in [4.78, 5) is 26.2. The van der Waals surface area contributed by atoms with E-state index in [-0.39, 0.29) is 11.3 Å². The van der Waals surface area contributed by atoms with Crippen LogP contribution in [0.3, 0.4) is 0 Å². The number of hydrogen-bond acceptors (Lipinski definition) is 7. The van der Waals surface area contributed by atoms with E-state index < -0.39 is 10.8 Å². The summed E-state index contributed by atoms with van der Waals surface area (Å²) < 4.78 is 5.18. The molecule has 1 fully saturated rings. The molecule has 9 heteroatoms. The molecular weight excluding hydrogens is 266 g/mol. The topological polar surface area (TPSA) is 110 Å². The number of carbonyl (C=O) groups excluding carboxylic acids is 1. The van der Waals surface area contributed by atoms with Gasteiger partial charge < -0.3 is 10.1 Å². The Labute approximate surface area is 115 Å². The van der Waals surface area contributed by atoms with E-state index in [1.807, 2.05) is 0 Å². The number of nitrogens with one attached hydrogen (secondary N) is 2. The van der Waals surface area contributed by atoms with Gasteiger partial charge in [0.2, 0.25) is 0 Å². The smallest absolute Gasteiger partial charge is 0.288 e. The second-order valence-corrected chi connectivity index (χ2v) is 4.14. The van der Waals surface area contributed by atoms with Gasteiger partial charge in [0.25, 0.3) is 11.6 Å². The van der Waals surface area contributed by atoms with Crippen molar-refractivity contribution >= 4 is 17.4 Å². The average Bonchev–Trinajstić information content (AvgIpc) is 2.47. The minimum Gasteiger partial charge on any atom is -0.379 e. The lowest BCUT2D eigenvalue weighted by Crippen LogP contribution is -2.48. The van der Waals surface area contributed by atoms with E-state index in [1.54, 1.807) is 12.1 Å². The van der Waals surface area contributed by atoms with E-state index in [2.05, 4.69) is 15.7 Å². The van der Waals surface area contributed by atoms with Crippen LogP contribution in [0.4, 0.5) is 11.5 Å². The molecule has 108 valence electrons. The van der Waals surface area contributed by atoms with Crippen molar-refractivity contribution in [3.05, 3.63) is 27.9 Å². The lowest BCUT2D eigenvalue weighted by Gasteiger charge is -2.27. The molecule has 0 radical (unpaired) electrons. The molecule has 0 aliphatic carbocycles. The van der Waals surface area contributed by atoms with E-state index in [4.69, 9.17) is 4.74 Å². The summed E-state index contributed by atoms with van der Waals surface area (Å²) in [6.07, 6.45) is 1.11. The Morgan fingerprint density at radius 1 is 1.50 bits per heavy atom. The Balaban J connectivity index is 2.18. The number of pyridine rings is 1.